The Kier molecular flexibility index (Phi) is 4.22. The minimum Gasteiger partial charge on any atom is -0.367 e. The second-order valence-electron chi connectivity index (χ2n) is 6.22. The van der Waals surface area contributed by atoms with Gasteiger partial charge in [-0.1, -0.05) is 0 Å². The van der Waals surface area contributed by atoms with Crippen LogP contribution < -0.4 is 10.2 Å². The van der Waals surface area contributed by atoms with Crippen molar-refractivity contribution in [3.05, 3.63) is 12.4 Å². The third-order valence-electron chi connectivity index (χ3n) is 4.21. The van der Waals surface area contributed by atoms with Gasteiger partial charge in [0.1, 0.15) is 18.0 Å². The summed E-state index contributed by atoms with van der Waals surface area (Å²) in [6, 6.07) is 2.45. The van der Waals surface area contributed by atoms with Crippen LogP contribution in [0, 0.1) is 0 Å². The molecule has 7 nitrogen and oxygen atoms in total. The van der Waals surface area contributed by atoms with Gasteiger partial charge in [-0.05, 0) is 25.7 Å². The Bertz CT molecular complexity index is 630. The zero-order chi connectivity index (χ0) is 15.7. The van der Waals surface area contributed by atoms with E-state index in [0.29, 0.717) is 19.0 Å². The Hall–Kier alpha value is -1.41. The number of rotatable bonds is 5. The molecule has 2 heterocycles. The molecule has 1 N–H and O–H groups in total. The highest BCUT2D eigenvalue weighted by Crippen LogP contribution is 2.27. The molecule has 1 aromatic rings. The van der Waals surface area contributed by atoms with Crippen LogP contribution in [-0.2, 0) is 10.0 Å². The van der Waals surface area contributed by atoms with Crippen molar-refractivity contribution in [3.63, 3.8) is 0 Å². The number of sulfonamides is 1. The maximum atomic E-state index is 12.3. The van der Waals surface area contributed by atoms with Gasteiger partial charge in [-0.15, -0.1) is 0 Å². The number of nitrogens with zero attached hydrogens (tertiary/aromatic N) is 4. The standard InChI is InChI=1S/C14H23N5O2S/c1-18(2)22(20,21)12-4-3-7-19(9-12)14-8-13(15-10-16-14)17-11-5-6-11/h8,10-12H,3-7,9H2,1-2H3,(H,15,16,17)/t12-/m0/s1. The van der Waals surface area contributed by atoms with Crippen LogP contribution in [0.1, 0.15) is 25.7 Å². The van der Waals surface area contributed by atoms with E-state index in [-0.39, 0.29) is 5.25 Å². The maximum absolute atomic E-state index is 12.3. The quantitative estimate of drug-likeness (QED) is 0.867. The summed E-state index contributed by atoms with van der Waals surface area (Å²) in [6.07, 6.45) is 5.48. The minimum absolute atomic E-state index is 0.369. The summed E-state index contributed by atoms with van der Waals surface area (Å²) in [5.74, 6) is 1.63. The van der Waals surface area contributed by atoms with E-state index in [1.807, 2.05) is 6.07 Å². The van der Waals surface area contributed by atoms with E-state index in [1.54, 1.807) is 20.4 Å². The van der Waals surface area contributed by atoms with Crippen LogP contribution in [0.2, 0.25) is 0 Å². The molecule has 122 valence electrons. The maximum Gasteiger partial charge on any atom is 0.218 e. The first kappa shape index (κ1) is 15.5. The number of anilines is 2. The zero-order valence-electron chi connectivity index (χ0n) is 13.1. The van der Waals surface area contributed by atoms with Crippen LogP contribution in [-0.4, -0.2) is 61.2 Å². The van der Waals surface area contributed by atoms with Crippen LogP contribution >= 0.6 is 0 Å². The fourth-order valence-electron chi connectivity index (χ4n) is 2.72. The summed E-state index contributed by atoms with van der Waals surface area (Å²) in [6.45, 7) is 1.32. The topological polar surface area (TPSA) is 78.4 Å². The average Bonchev–Trinajstić information content (AvgIpc) is 3.31. The predicted molar refractivity (Wildman–Crippen MR) is 86.5 cm³/mol. The fraction of sp³-hybridized carbons (Fsp3) is 0.714. The van der Waals surface area contributed by atoms with Crippen molar-refractivity contribution in [1.29, 1.82) is 0 Å². The first-order chi connectivity index (χ1) is 10.5. The molecule has 2 fully saturated rings. The Labute approximate surface area is 131 Å². The van der Waals surface area contributed by atoms with Gasteiger partial charge in [0, 0.05) is 39.3 Å². The third kappa shape index (κ3) is 3.33. The van der Waals surface area contributed by atoms with Crippen molar-refractivity contribution < 1.29 is 8.42 Å². The van der Waals surface area contributed by atoms with Crippen molar-refractivity contribution in [2.45, 2.75) is 37.0 Å². The molecule has 1 aliphatic heterocycles. The monoisotopic (exact) mass is 325 g/mol. The first-order valence-corrected chi connectivity index (χ1v) is 9.22. The molecule has 0 amide bonds. The summed E-state index contributed by atoms with van der Waals surface area (Å²) >= 11 is 0. The van der Waals surface area contributed by atoms with Crippen molar-refractivity contribution in [2.24, 2.45) is 0 Å². The third-order valence-corrected chi connectivity index (χ3v) is 6.46. The summed E-state index contributed by atoms with van der Waals surface area (Å²) in [5.41, 5.74) is 0. The number of nitrogens with one attached hydrogen (secondary N) is 1. The molecule has 22 heavy (non-hydrogen) atoms. The zero-order valence-corrected chi connectivity index (χ0v) is 13.9. The lowest BCUT2D eigenvalue weighted by atomic mass is 10.1. The highest BCUT2D eigenvalue weighted by Gasteiger charge is 2.33. The first-order valence-electron chi connectivity index (χ1n) is 7.71. The number of aromatic nitrogens is 2. The molecule has 1 atom stereocenters. The number of piperidine rings is 1. The molecular formula is C14H23N5O2S. The Morgan fingerprint density at radius 3 is 2.73 bits per heavy atom. The molecule has 0 aromatic carbocycles. The normalized spacial score (nSPS) is 22.9. The van der Waals surface area contributed by atoms with Gasteiger partial charge in [0.05, 0.1) is 5.25 Å². The van der Waals surface area contributed by atoms with Crippen molar-refractivity contribution in [1.82, 2.24) is 14.3 Å². The van der Waals surface area contributed by atoms with E-state index in [1.165, 1.54) is 17.1 Å². The Balaban J connectivity index is 1.74. The Morgan fingerprint density at radius 2 is 2.05 bits per heavy atom. The average molecular weight is 325 g/mol. The number of hydrogen-bond acceptors (Lipinski definition) is 6. The second kappa shape index (κ2) is 6.00. The lowest BCUT2D eigenvalue weighted by molar-refractivity contribution is 0.478. The highest BCUT2D eigenvalue weighted by molar-refractivity contribution is 7.89. The van der Waals surface area contributed by atoms with E-state index in [9.17, 15) is 8.42 Å². The summed E-state index contributed by atoms with van der Waals surface area (Å²) in [7, 11) is -0.0396. The van der Waals surface area contributed by atoms with Crippen LogP contribution in [0.25, 0.3) is 0 Å². The van der Waals surface area contributed by atoms with Gasteiger partial charge in [0.2, 0.25) is 10.0 Å². The van der Waals surface area contributed by atoms with Crippen LogP contribution in [0.4, 0.5) is 11.6 Å². The lowest BCUT2D eigenvalue weighted by Crippen LogP contribution is -2.46. The van der Waals surface area contributed by atoms with Crippen molar-refractivity contribution in [3.8, 4) is 0 Å². The van der Waals surface area contributed by atoms with Gasteiger partial charge in [-0.2, -0.15) is 0 Å². The van der Waals surface area contributed by atoms with E-state index in [2.05, 4.69) is 20.2 Å². The molecule has 0 spiro atoms. The van der Waals surface area contributed by atoms with Gasteiger partial charge in [0.25, 0.3) is 0 Å². The molecule has 3 rings (SSSR count). The van der Waals surface area contributed by atoms with Crippen LogP contribution in [0.5, 0.6) is 0 Å². The van der Waals surface area contributed by atoms with E-state index in [0.717, 1.165) is 24.6 Å². The molecule has 1 aliphatic carbocycles. The molecule has 2 aliphatic rings. The fourth-order valence-corrected chi connectivity index (χ4v) is 4.15. The molecule has 1 saturated carbocycles. The molecule has 0 unspecified atom stereocenters. The second-order valence-corrected chi connectivity index (χ2v) is 8.64. The van der Waals surface area contributed by atoms with Gasteiger partial charge in [0.15, 0.2) is 0 Å². The summed E-state index contributed by atoms with van der Waals surface area (Å²) in [4.78, 5) is 10.6. The lowest BCUT2D eigenvalue weighted by Gasteiger charge is -2.34. The van der Waals surface area contributed by atoms with Crippen molar-refractivity contribution >= 4 is 21.7 Å². The van der Waals surface area contributed by atoms with Gasteiger partial charge in [-0.3, -0.25) is 0 Å². The SMILES string of the molecule is CN(C)S(=O)(=O)[C@H]1CCCN(c2cc(NC3CC3)ncn2)C1. The number of hydrogen-bond donors (Lipinski definition) is 1. The minimum atomic E-state index is -3.23. The smallest absolute Gasteiger partial charge is 0.218 e. The van der Waals surface area contributed by atoms with Gasteiger partial charge in [-0.25, -0.2) is 22.7 Å². The molecule has 8 heteroatoms. The van der Waals surface area contributed by atoms with E-state index in [4.69, 9.17) is 0 Å². The Morgan fingerprint density at radius 1 is 1.27 bits per heavy atom. The van der Waals surface area contributed by atoms with Crippen LogP contribution in [0.15, 0.2) is 12.4 Å². The van der Waals surface area contributed by atoms with Crippen molar-refractivity contribution in [2.75, 3.05) is 37.4 Å². The van der Waals surface area contributed by atoms with Gasteiger partial charge < -0.3 is 10.2 Å². The molecule has 0 radical (unpaired) electrons. The summed E-state index contributed by atoms with van der Waals surface area (Å²) in [5, 5.41) is 2.98. The van der Waals surface area contributed by atoms with Gasteiger partial charge >= 0.3 is 0 Å². The molecular weight excluding hydrogens is 302 g/mol. The molecule has 0 bridgehead atoms. The molecule has 1 saturated heterocycles. The van der Waals surface area contributed by atoms with E-state index < -0.39 is 10.0 Å². The summed E-state index contributed by atoms with van der Waals surface area (Å²) < 4.78 is 26.0. The largest absolute Gasteiger partial charge is 0.367 e. The van der Waals surface area contributed by atoms with E-state index >= 15 is 0 Å². The predicted octanol–water partition coefficient (Wildman–Crippen LogP) is 0.911. The molecule has 1 aromatic heterocycles. The van der Waals surface area contributed by atoms with Crippen LogP contribution in [0.3, 0.4) is 0 Å². The highest BCUT2D eigenvalue weighted by atomic mass is 32.2.